The second-order valence-electron chi connectivity index (χ2n) is 6.12. The molecule has 0 aromatic rings. The van der Waals surface area contributed by atoms with E-state index in [1.807, 2.05) is 0 Å². The molecular weight excluding hydrogens is 180 g/mol. The molecule has 0 radical (unpaired) electrons. The van der Waals surface area contributed by atoms with Gasteiger partial charge in [0.05, 0.1) is 0 Å². The highest BCUT2D eigenvalue weighted by Crippen LogP contribution is 2.55. The van der Waals surface area contributed by atoms with Crippen molar-refractivity contribution in [3.05, 3.63) is 12.7 Å². The van der Waals surface area contributed by atoms with Crippen LogP contribution in [0.3, 0.4) is 0 Å². The van der Waals surface area contributed by atoms with Crippen LogP contribution in [0.25, 0.3) is 0 Å². The van der Waals surface area contributed by atoms with E-state index in [-0.39, 0.29) is 0 Å². The monoisotopic (exact) mass is 206 g/mol. The Morgan fingerprint density at radius 2 is 2.13 bits per heavy atom. The fourth-order valence-corrected chi connectivity index (χ4v) is 4.34. The van der Waals surface area contributed by atoms with E-state index in [0.717, 1.165) is 17.8 Å². The zero-order valence-corrected chi connectivity index (χ0v) is 10.5. The molecule has 2 aliphatic rings. The lowest BCUT2D eigenvalue weighted by Crippen LogP contribution is -2.40. The molecule has 0 saturated heterocycles. The minimum absolute atomic E-state index is 0.632. The second kappa shape index (κ2) is 4.31. The van der Waals surface area contributed by atoms with Gasteiger partial charge < -0.3 is 0 Å². The summed E-state index contributed by atoms with van der Waals surface area (Å²) in [4.78, 5) is 0. The number of hydrogen-bond donors (Lipinski definition) is 0. The van der Waals surface area contributed by atoms with Gasteiger partial charge in [-0.25, -0.2) is 0 Å². The first-order valence-electron chi connectivity index (χ1n) is 6.81. The highest BCUT2D eigenvalue weighted by Gasteiger charge is 2.44. The van der Waals surface area contributed by atoms with Crippen molar-refractivity contribution in [2.75, 3.05) is 0 Å². The number of fused-ring (bicyclic) bond motifs is 2. The molecule has 2 bridgehead atoms. The molecule has 0 amide bonds. The fourth-order valence-electron chi connectivity index (χ4n) is 4.34. The van der Waals surface area contributed by atoms with E-state index in [4.69, 9.17) is 0 Å². The summed E-state index contributed by atoms with van der Waals surface area (Å²) >= 11 is 0. The van der Waals surface area contributed by atoms with Gasteiger partial charge in [0, 0.05) is 0 Å². The third-order valence-corrected chi connectivity index (χ3v) is 5.21. The SMILES string of the molecule is C=CCC1(CC)CCC2CC(C)CC1C2. The molecule has 15 heavy (non-hydrogen) atoms. The average molecular weight is 206 g/mol. The summed E-state index contributed by atoms with van der Waals surface area (Å²) in [7, 11) is 0. The third kappa shape index (κ3) is 2.00. The van der Waals surface area contributed by atoms with Crippen LogP contribution in [-0.2, 0) is 0 Å². The Balaban J connectivity index is 2.14. The van der Waals surface area contributed by atoms with Crippen LogP contribution in [0.5, 0.6) is 0 Å². The zero-order valence-electron chi connectivity index (χ0n) is 10.5. The van der Waals surface area contributed by atoms with Gasteiger partial charge in [-0.05, 0) is 68.1 Å². The summed E-state index contributed by atoms with van der Waals surface area (Å²) in [5.74, 6) is 3.04. The predicted octanol–water partition coefficient (Wildman–Crippen LogP) is 4.81. The maximum Gasteiger partial charge on any atom is -0.0237 e. The first kappa shape index (κ1) is 11.2. The highest BCUT2D eigenvalue weighted by molar-refractivity contribution is 4.98. The van der Waals surface area contributed by atoms with E-state index in [1.165, 1.54) is 44.9 Å². The Kier molecular flexibility index (Phi) is 3.23. The first-order chi connectivity index (χ1) is 7.20. The number of hydrogen-bond acceptors (Lipinski definition) is 0. The van der Waals surface area contributed by atoms with Crippen LogP contribution in [-0.4, -0.2) is 0 Å². The molecule has 2 rings (SSSR count). The predicted molar refractivity (Wildman–Crippen MR) is 66.8 cm³/mol. The maximum absolute atomic E-state index is 3.97. The Morgan fingerprint density at radius 1 is 1.33 bits per heavy atom. The minimum atomic E-state index is 0.632. The largest absolute Gasteiger partial charge is 0.103 e. The minimum Gasteiger partial charge on any atom is -0.103 e. The van der Waals surface area contributed by atoms with Crippen LogP contribution in [0.1, 0.15) is 58.8 Å². The molecule has 0 N–H and O–H groups in total. The summed E-state index contributed by atoms with van der Waals surface area (Å²) in [6, 6.07) is 0. The van der Waals surface area contributed by atoms with Crippen LogP contribution in [0.4, 0.5) is 0 Å². The Labute approximate surface area is 95.1 Å². The molecule has 0 nitrogen and oxygen atoms in total. The Bertz CT molecular complexity index is 228. The van der Waals surface area contributed by atoms with Crippen LogP contribution < -0.4 is 0 Å². The van der Waals surface area contributed by atoms with Crippen molar-refractivity contribution in [3.63, 3.8) is 0 Å². The lowest BCUT2D eigenvalue weighted by Gasteiger charge is -2.51. The molecule has 4 unspecified atom stereocenters. The van der Waals surface area contributed by atoms with Crippen molar-refractivity contribution >= 4 is 0 Å². The van der Waals surface area contributed by atoms with Crippen molar-refractivity contribution in [1.82, 2.24) is 0 Å². The van der Waals surface area contributed by atoms with Crippen LogP contribution >= 0.6 is 0 Å². The summed E-state index contributed by atoms with van der Waals surface area (Å²) in [6.45, 7) is 8.82. The quantitative estimate of drug-likeness (QED) is 0.582. The van der Waals surface area contributed by atoms with E-state index in [1.54, 1.807) is 0 Å². The molecule has 2 fully saturated rings. The van der Waals surface area contributed by atoms with E-state index in [9.17, 15) is 0 Å². The summed E-state index contributed by atoms with van der Waals surface area (Å²) in [5.41, 5.74) is 0.632. The molecule has 0 aliphatic heterocycles. The molecule has 2 aliphatic carbocycles. The highest BCUT2D eigenvalue weighted by atomic mass is 14.5. The summed E-state index contributed by atoms with van der Waals surface area (Å²) in [6.07, 6.45) is 12.3. The molecule has 0 heterocycles. The molecule has 0 aromatic heterocycles. The van der Waals surface area contributed by atoms with Gasteiger partial charge in [-0.15, -0.1) is 6.58 Å². The third-order valence-electron chi connectivity index (χ3n) is 5.21. The van der Waals surface area contributed by atoms with Gasteiger partial charge >= 0.3 is 0 Å². The van der Waals surface area contributed by atoms with Crippen LogP contribution in [0.15, 0.2) is 12.7 Å². The van der Waals surface area contributed by atoms with Gasteiger partial charge in [-0.2, -0.15) is 0 Å². The molecule has 0 aromatic carbocycles. The first-order valence-corrected chi connectivity index (χ1v) is 6.81. The van der Waals surface area contributed by atoms with Crippen molar-refractivity contribution in [2.45, 2.75) is 58.8 Å². The van der Waals surface area contributed by atoms with Gasteiger partial charge in [0.25, 0.3) is 0 Å². The van der Waals surface area contributed by atoms with Crippen molar-refractivity contribution < 1.29 is 0 Å². The molecule has 0 spiro atoms. The molecule has 86 valence electrons. The van der Waals surface area contributed by atoms with Gasteiger partial charge in [-0.3, -0.25) is 0 Å². The van der Waals surface area contributed by atoms with Gasteiger partial charge in [0.2, 0.25) is 0 Å². The molecule has 2 saturated carbocycles. The molecule has 0 heteroatoms. The standard InChI is InChI=1S/C15H26/c1-4-7-15(5-2)8-6-13-9-12(3)10-14(15)11-13/h4,12-14H,1,5-11H2,2-3H3. The smallest absolute Gasteiger partial charge is 0.0237 e. The Hall–Kier alpha value is -0.260. The lowest BCUT2D eigenvalue weighted by atomic mass is 9.54. The van der Waals surface area contributed by atoms with E-state index in [0.29, 0.717) is 5.41 Å². The normalized spacial score (nSPS) is 45.1. The molecule has 4 atom stereocenters. The Morgan fingerprint density at radius 3 is 2.80 bits per heavy atom. The van der Waals surface area contributed by atoms with Crippen LogP contribution in [0, 0.1) is 23.2 Å². The van der Waals surface area contributed by atoms with E-state index >= 15 is 0 Å². The molecular formula is C15H26. The van der Waals surface area contributed by atoms with Crippen molar-refractivity contribution in [3.8, 4) is 0 Å². The van der Waals surface area contributed by atoms with Gasteiger partial charge in [-0.1, -0.05) is 19.9 Å². The summed E-state index contributed by atoms with van der Waals surface area (Å²) < 4.78 is 0. The number of rotatable bonds is 3. The maximum atomic E-state index is 3.97. The van der Waals surface area contributed by atoms with Crippen molar-refractivity contribution in [1.29, 1.82) is 0 Å². The van der Waals surface area contributed by atoms with Gasteiger partial charge in [0.15, 0.2) is 0 Å². The topological polar surface area (TPSA) is 0 Å². The van der Waals surface area contributed by atoms with Gasteiger partial charge in [0.1, 0.15) is 0 Å². The summed E-state index contributed by atoms with van der Waals surface area (Å²) in [5, 5.41) is 0. The zero-order chi connectivity index (χ0) is 10.9. The second-order valence-corrected chi connectivity index (χ2v) is 6.12. The van der Waals surface area contributed by atoms with E-state index in [2.05, 4.69) is 26.5 Å². The van der Waals surface area contributed by atoms with Crippen LogP contribution in [0.2, 0.25) is 0 Å². The average Bonchev–Trinajstić information content (AvgIpc) is 2.22. The lowest BCUT2D eigenvalue weighted by molar-refractivity contribution is 0.00520. The fraction of sp³-hybridized carbons (Fsp3) is 0.867. The van der Waals surface area contributed by atoms with Crippen molar-refractivity contribution in [2.24, 2.45) is 23.2 Å². The van der Waals surface area contributed by atoms with E-state index < -0.39 is 0 Å². The number of allylic oxidation sites excluding steroid dienone is 1.